The molecule has 0 bridgehead atoms. The lowest BCUT2D eigenvalue weighted by Crippen LogP contribution is -2.14. The molecule has 18 heavy (non-hydrogen) atoms. The van der Waals surface area contributed by atoms with Crippen molar-refractivity contribution >= 4 is 16.5 Å². The normalized spacial score (nSPS) is 13.3. The van der Waals surface area contributed by atoms with Gasteiger partial charge in [-0.25, -0.2) is 0 Å². The van der Waals surface area contributed by atoms with Crippen molar-refractivity contribution in [2.45, 2.75) is 19.1 Å². The third-order valence-electron chi connectivity index (χ3n) is 2.45. The molecule has 1 atom stereocenters. The van der Waals surface area contributed by atoms with E-state index in [9.17, 15) is 13.2 Å². The van der Waals surface area contributed by atoms with Gasteiger partial charge >= 0.3 is 6.18 Å². The van der Waals surface area contributed by atoms with Crippen molar-refractivity contribution in [2.75, 3.05) is 5.32 Å². The maximum absolute atomic E-state index is 12.8. The van der Waals surface area contributed by atoms with Gasteiger partial charge in [0.05, 0.1) is 11.8 Å². The molecule has 0 saturated carbocycles. The van der Waals surface area contributed by atoms with Crippen LogP contribution in [0.25, 0.3) is 0 Å². The number of aromatic nitrogens is 2. The Morgan fingerprint density at radius 2 is 2.00 bits per heavy atom. The van der Waals surface area contributed by atoms with E-state index in [1.807, 2.05) is 0 Å². The maximum atomic E-state index is 12.8. The van der Waals surface area contributed by atoms with Crippen molar-refractivity contribution in [3.63, 3.8) is 0 Å². The highest BCUT2D eigenvalue weighted by molar-refractivity contribution is 7.09. The van der Waals surface area contributed by atoms with E-state index in [4.69, 9.17) is 0 Å². The van der Waals surface area contributed by atoms with E-state index in [0.717, 1.165) is 17.6 Å². The van der Waals surface area contributed by atoms with Gasteiger partial charge in [-0.15, -0.1) is 5.10 Å². The van der Waals surface area contributed by atoms with Crippen LogP contribution in [0, 0.1) is 0 Å². The predicted molar refractivity (Wildman–Crippen MR) is 63.4 cm³/mol. The number of nitrogens with zero attached hydrogens (tertiary/aromatic N) is 2. The second-order valence-corrected chi connectivity index (χ2v) is 4.52. The number of benzene rings is 1. The second-order valence-electron chi connectivity index (χ2n) is 3.73. The Balaban J connectivity index is 2.27. The zero-order chi connectivity index (χ0) is 13.2. The van der Waals surface area contributed by atoms with Crippen LogP contribution < -0.4 is 5.32 Å². The number of hydrogen-bond acceptors (Lipinski definition) is 4. The molecule has 0 spiro atoms. The summed E-state index contributed by atoms with van der Waals surface area (Å²) >= 11 is 1.11. The number of alkyl halides is 3. The smallest absolute Gasteiger partial charge is 0.368 e. The molecule has 7 heteroatoms. The van der Waals surface area contributed by atoms with Crippen molar-refractivity contribution in [3.05, 3.63) is 41.6 Å². The third kappa shape index (κ3) is 2.79. The zero-order valence-corrected chi connectivity index (χ0v) is 10.2. The molecule has 0 aliphatic carbocycles. The third-order valence-corrected chi connectivity index (χ3v) is 3.05. The van der Waals surface area contributed by atoms with Gasteiger partial charge in [-0.05, 0) is 18.6 Å². The van der Waals surface area contributed by atoms with Gasteiger partial charge in [-0.3, -0.25) is 0 Å². The fourth-order valence-electron chi connectivity index (χ4n) is 1.65. The fraction of sp³-hybridized carbons (Fsp3) is 0.273. The molecular formula is C11H10F3N3S. The van der Waals surface area contributed by atoms with E-state index in [1.165, 1.54) is 18.3 Å². The molecule has 0 radical (unpaired) electrons. The number of hydrogen-bond donors (Lipinski definition) is 1. The summed E-state index contributed by atoms with van der Waals surface area (Å²) in [6.07, 6.45) is -2.87. The first-order valence-corrected chi connectivity index (χ1v) is 5.96. The minimum absolute atomic E-state index is 0.207. The molecular weight excluding hydrogens is 263 g/mol. The van der Waals surface area contributed by atoms with Crippen LogP contribution in [0.1, 0.15) is 24.1 Å². The Morgan fingerprint density at radius 1 is 1.28 bits per heavy atom. The molecule has 3 nitrogen and oxygen atoms in total. The summed E-state index contributed by atoms with van der Waals surface area (Å²) < 4.78 is 42.2. The summed E-state index contributed by atoms with van der Waals surface area (Å²) in [5.41, 5.74) is -0.416. The largest absolute Gasteiger partial charge is 0.416 e. The van der Waals surface area contributed by atoms with E-state index in [2.05, 4.69) is 14.9 Å². The van der Waals surface area contributed by atoms with Crippen LogP contribution in [0.3, 0.4) is 0 Å². The first kappa shape index (κ1) is 12.8. The highest BCUT2D eigenvalue weighted by Crippen LogP contribution is 2.35. The van der Waals surface area contributed by atoms with Crippen LogP contribution in [0.5, 0.6) is 0 Å². The lowest BCUT2D eigenvalue weighted by Gasteiger charge is -2.19. The standard InChI is InChI=1S/C11H10F3N3S/c1-7(16-10-6-15-17-18-10)8-4-2-3-5-9(8)11(12,13)14/h2-7,16H,1H3. The SMILES string of the molecule is CC(Nc1cnns1)c1ccccc1C(F)(F)F. The first-order valence-electron chi connectivity index (χ1n) is 5.18. The Kier molecular flexibility index (Phi) is 3.51. The van der Waals surface area contributed by atoms with Crippen LogP contribution in [0.4, 0.5) is 18.2 Å². The van der Waals surface area contributed by atoms with Crippen LogP contribution in [-0.2, 0) is 6.18 Å². The lowest BCUT2D eigenvalue weighted by molar-refractivity contribution is -0.138. The molecule has 96 valence electrons. The van der Waals surface area contributed by atoms with Crippen LogP contribution in [-0.4, -0.2) is 9.59 Å². The molecule has 0 aliphatic rings. The van der Waals surface area contributed by atoms with Gasteiger partial charge in [0.15, 0.2) is 0 Å². The maximum Gasteiger partial charge on any atom is 0.416 e. The van der Waals surface area contributed by atoms with Gasteiger partial charge in [0, 0.05) is 17.6 Å². The number of halogens is 3. The average molecular weight is 273 g/mol. The van der Waals surface area contributed by atoms with Gasteiger partial charge in [-0.1, -0.05) is 22.7 Å². The van der Waals surface area contributed by atoms with E-state index in [0.29, 0.717) is 5.00 Å². The van der Waals surface area contributed by atoms with Crippen LogP contribution in [0.2, 0.25) is 0 Å². The van der Waals surface area contributed by atoms with Gasteiger partial charge in [-0.2, -0.15) is 13.2 Å². The molecule has 0 saturated heterocycles. The van der Waals surface area contributed by atoms with Crippen LogP contribution in [0.15, 0.2) is 30.5 Å². The number of rotatable bonds is 3. The summed E-state index contributed by atoms with van der Waals surface area (Å²) in [5, 5.41) is 7.21. The topological polar surface area (TPSA) is 37.8 Å². The molecule has 1 unspecified atom stereocenters. The molecule has 1 aromatic carbocycles. The summed E-state index contributed by atoms with van der Waals surface area (Å²) in [4.78, 5) is 0. The highest BCUT2D eigenvalue weighted by Gasteiger charge is 2.34. The van der Waals surface area contributed by atoms with Crippen molar-refractivity contribution in [1.82, 2.24) is 9.59 Å². The van der Waals surface area contributed by atoms with Crippen LogP contribution >= 0.6 is 11.5 Å². The number of anilines is 1. The summed E-state index contributed by atoms with van der Waals surface area (Å²) in [7, 11) is 0. The fourth-order valence-corrected chi connectivity index (χ4v) is 2.16. The Bertz CT molecular complexity index is 511. The van der Waals surface area contributed by atoms with E-state index >= 15 is 0 Å². The Hall–Kier alpha value is -1.63. The van der Waals surface area contributed by atoms with Crippen molar-refractivity contribution in [3.8, 4) is 0 Å². The highest BCUT2D eigenvalue weighted by atomic mass is 32.1. The van der Waals surface area contributed by atoms with Crippen molar-refractivity contribution in [2.24, 2.45) is 0 Å². The molecule has 1 N–H and O–H groups in total. The van der Waals surface area contributed by atoms with Crippen molar-refractivity contribution in [1.29, 1.82) is 0 Å². The molecule has 0 amide bonds. The van der Waals surface area contributed by atoms with E-state index in [-0.39, 0.29) is 5.56 Å². The predicted octanol–water partition coefficient (Wildman–Crippen LogP) is 3.73. The summed E-state index contributed by atoms with van der Waals surface area (Å²) in [6, 6.07) is 5.05. The molecule has 0 aliphatic heterocycles. The van der Waals surface area contributed by atoms with Gasteiger partial charge in [0.25, 0.3) is 0 Å². The average Bonchev–Trinajstić information content (AvgIpc) is 2.80. The monoisotopic (exact) mass is 273 g/mol. The summed E-state index contributed by atoms with van der Waals surface area (Å²) in [5.74, 6) is 0. The minimum Gasteiger partial charge on any atom is -0.368 e. The number of nitrogens with one attached hydrogen (secondary N) is 1. The molecule has 0 fully saturated rings. The molecule has 1 aromatic heterocycles. The second kappa shape index (κ2) is 4.93. The van der Waals surface area contributed by atoms with Gasteiger partial charge in [0.2, 0.25) is 0 Å². The molecule has 2 rings (SSSR count). The van der Waals surface area contributed by atoms with Gasteiger partial charge in [0.1, 0.15) is 5.00 Å². The quantitative estimate of drug-likeness (QED) is 0.926. The van der Waals surface area contributed by atoms with E-state index < -0.39 is 17.8 Å². The Labute approximate surface area is 106 Å². The zero-order valence-electron chi connectivity index (χ0n) is 9.40. The molecule has 1 heterocycles. The molecule has 2 aromatic rings. The minimum atomic E-state index is -4.35. The van der Waals surface area contributed by atoms with Crippen molar-refractivity contribution < 1.29 is 13.2 Å². The summed E-state index contributed by atoms with van der Waals surface area (Å²) in [6.45, 7) is 1.67. The Morgan fingerprint density at radius 3 is 2.61 bits per heavy atom. The van der Waals surface area contributed by atoms with Gasteiger partial charge < -0.3 is 5.32 Å². The van der Waals surface area contributed by atoms with E-state index in [1.54, 1.807) is 13.0 Å². The lowest BCUT2D eigenvalue weighted by atomic mass is 10.0. The first-order chi connectivity index (χ1) is 8.48.